The van der Waals surface area contributed by atoms with Crippen molar-refractivity contribution < 1.29 is 157 Å². The first-order valence-electron chi connectivity index (χ1n) is 40.1. The Morgan fingerprint density at radius 2 is 0.587 bits per heavy atom. The topological polar surface area (TPSA) is 465 Å². The number of nitrogens with zero attached hydrogens (tertiary/aromatic N) is 4. The first-order chi connectivity index (χ1) is 64.7. The van der Waals surface area contributed by atoms with Gasteiger partial charge in [0, 0.05) is 100 Å². The van der Waals surface area contributed by atoms with Crippen LogP contribution in [0.5, 0.6) is 0 Å². The van der Waals surface area contributed by atoms with Crippen LogP contribution in [-0.4, -0.2) is 127 Å². The zero-order valence-electron chi connectivity index (χ0n) is 73.4. The largest absolute Gasteiger partial charge is 1.00 e. The van der Waals surface area contributed by atoms with Gasteiger partial charge in [-0.1, -0.05) is 84.4 Å². The molecule has 0 spiro atoms. The van der Waals surface area contributed by atoms with Gasteiger partial charge in [0.2, 0.25) is 17.7 Å². The van der Waals surface area contributed by atoms with Crippen LogP contribution in [0.25, 0.3) is 24.3 Å². The van der Waals surface area contributed by atoms with Crippen LogP contribution in [0.4, 0.5) is 85.0 Å². The Labute approximate surface area is 803 Å². The molecule has 0 atom stereocenters. The zero-order valence-corrected chi connectivity index (χ0v) is 75.4. The summed E-state index contributed by atoms with van der Waals surface area (Å²) in [6.07, 6.45) is 7.68. The Morgan fingerprint density at radius 1 is 0.319 bits per heavy atom. The molecule has 0 aliphatic carbocycles. The van der Waals surface area contributed by atoms with Crippen LogP contribution in [0.1, 0.15) is 148 Å². The molecule has 4 heterocycles. The minimum atomic E-state index is -4.56. The summed E-state index contributed by atoms with van der Waals surface area (Å²) in [7, 11) is 0. The van der Waals surface area contributed by atoms with Crippen molar-refractivity contribution in [3.05, 3.63) is 381 Å². The fourth-order valence-electron chi connectivity index (χ4n) is 11.3. The number of carbonyl (C=O) groups is 12. The molecular weight excluding hydrogens is 1830 g/mol. The van der Waals surface area contributed by atoms with Crippen LogP contribution in [-0.2, 0) is 51.9 Å². The number of anilines is 8. The number of nitrogen functional groups attached to an aromatic ring is 1. The van der Waals surface area contributed by atoms with Crippen molar-refractivity contribution in [2.45, 2.75) is 46.2 Å². The molecule has 4 aromatic heterocycles. The molecule has 138 heavy (non-hydrogen) atoms. The van der Waals surface area contributed by atoms with Gasteiger partial charge < -0.3 is 72.9 Å². The minimum absolute atomic E-state index is 0. The average molecular weight is 1910 g/mol. The summed E-state index contributed by atoms with van der Waals surface area (Å²) in [5, 5.41) is 35.6. The molecule has 0 saturated carbocycles. The first-order valence-corrected chi connectivity index (χ1v) is 40.1. The van der Waals surface area contributed by atoms with Crippen LogP contribution < -0.4 is 72.5 Å². The Balaban J connectivity index is 0.000000273. The smallest absolute Gasteiger partial charge is 0.870 e. The number of halogens is 9. The Morgan fingerprint density at radius 3 is 0.870 bits per heavy atom. The first kappa shape index (κ1) is 110. The number of amides is 7. The third-order valence-electron chi connectivity index (χ3n) is 17.5. The maximum absolute atomic E-state index is 12.9. The molecule has 8 aromatic carbocycles. The number of esters is 3. The van der Waals surface area contributed by atoms with Crippen molar-refractivity contribution in [2.75, 3.05) is 62.8 Å². The second-order valence-electron chi connectivity index (χ2n) is 27.9. The van der Waals surface area contributed by atoms with Crippen LogP contribution in [0, 0.1) is 6.92 Å². The van der Waals surface area contributed by atoms with Crippen molar-refractivity contribution in [1.29, 1.82) is 0 Å². The maximum Gasteiger partial charge on any atom is 1.00 e. The summed E-state index contributed by atoms with van der Waals surface area (Å²) in [6, 6.07) is 51.4. The van der Waals surface area contributed by atoms with Gasteiger partial charge in [-0.2, -0.15) is 39.5 Å². The number of carbonyl (C=O) groups excluding carboxylic acids is 10. The Kier molecular flexibility index (Phi) is 42.7. The number of alkyl halides is 9. The van der Waals surface area contributed by atoms with Crippen molar-refractivity contribution >= 4 is 141 Å². The van der Waals surface area contributed by atoms with Gasteiger partial charge in [-0.15, -0.1) is 0 Å². The van der Waals surface area contributed by atoms with Gasteiger partial charge in [0.1, 0.15) is 0 Å². The predicted octanol–water partition coefficient (Wildman–Crippen LogP) is 16.1. The number of carboxylic acids is 2. The van der Waals surface area contributed by atoms with Crippen LogP contribution in [0.3, 0.4) is 0 Å². The van der Waals surface area contributed by atoms with Crippen molar-refractivity contribution in [3.8, 4) is 0 Å². The van der Waals surface area contributed by atoms with Crippen molar-refractivity contribution in [2.24, 2.45) is 0 Å². The van der Waals surface area contributed by atoms with Crippen LogP contribution >= 0.6 is 0 Å². The molecule has 0 radical (unpaired) electrons. The third kappa shape index (κ3) is 37.6. The Hall–Kier alpha value is -16.9. The number of aromatic nitrogens is 4. The van der Waals surface area contributed by atoms with E-state index >= 15 is 0 Å². The normalized spacial score (nSPS) is 10.8. The number of carboxylic acid groups (broad SMARTS) is 2. The number of ether oxygens (including phenoxy) is 3. The second-order valence-corrected chi connectivity index (χ2v) is 27.9. The number of aliphatic carboxylic acids is 1. The van der Waals surface area contributed by atoms with Gasteiger partial charge in [0.05, 0.1) is 100 Å². The zero-order chi connectivity index (χ0) is 99.1. The number of rotatable bonds is 26. The molecule has 706 valence electrons. The summed E-state index contributed by atoms with van der Waals surface area (Å²) in [5.74, 6) is -7.56. The number of nitrogens with one attached hydrogen (secondary N) is 7. The van der Waals surface area contributed by atoms with E-state index in [-0.39, 0.29) is 93.2 Å². The molecule has 40 heteroatoms. The van der Waals surface area contributed by atoms with E-state index in [2.05, 4.69) is 57.2 Å². The van der Waals surface area contributed by atoms with Gasteiger partial charge >= 0.3 is 77.9 Å². The molecule has 0 unspecified atom stereocenters. The monoisotopic (exact) mass is 1910 g/mol. The second kappa shape index (κ2) is 53.7. The molecule has 0 aliphatic rings. The van der Waals surface area contributed by atoms with Crippen molar-refractivity contribution in [1.82, 2.24) is 19.9 Å². The molecule has 0 bridgehead atoms. The molecular formula is C98H82F9N12NaO18. The van der Waals surface area contributed by atoms with Gasteiger partial charge in [0.15, 0.2) is 0 Å². The van der Waals surface area contributed by atoms with Crippen LogP contribution in [0.15, 0.2) is 292 Å². The molecule has 0 fully saturated rings. The van der Waals surface area contributed by atoms with Gasteiger partial charge in [0.25, 0.3) is 23.6 Å². The third-order valence-corrected chi connectivity index (χ3v) is 17.5. The number of nitrogens with two attached hydrogens (primary N) is 1. The Bertz CT molecular complexity index is 6300. The quantitative estimate of drug-likeness (QED) is 0.00791. The summed E-state index contributed by atoms with van der Waals surface area (Å²) >= 11 is 0. The summed E-state index contributed by atoms with van der Waals surface area (Å²) in [5.41, 5.74) is 9.72. The minimum Gasteiger partial charge on any atom is -0.870 e. The number of hydrogen-bond acceptors (Lipinski definition) is 21. The molecule has 30 nitrogen and oxygen atoms in total. The number of hydrogen-bond donors (Lipinski definition) is 10. The number of aromatic carboxylic acids is 1. The molecule has 12 rings (SSSR count). The SMILES string of the molecule is CCOC(=O)c1cncc(N)c1.CCOC(=O)c1cncc(NC(=O)/C=C/c2cccc(NC(=O)c3cccc(C(F)(F)F)c3)c2)c1.CCOC(=O)c1cncc(NC(=O)/C=C/c2cccc(NC(=O)c3cccc(C(F)(F)F)c3)c2)c1.Cc1cccc(C(=O)Nc2cccc(/C=C/C(=O)O)c2)c1.O=C(/C=C/c1cccc(NC(=O)c2cccc(C(F)(F)F)c2)c1)Nc1cncc(C(=O)O)c1.[Na+].[OH-]. The number of aryl methyl sites for hydroxylation is 1. The van der Waals surface area contributed by atoms with E-state index in [9.17, 15) is 97.0 Å². The molecule has 0 saturated heterocycles. The molecule has 7 amide bonds. The van der Waals surface area contributed by atoms with Crippen molar-refractivity contribution in [3.63, 3.8) is 0 Å². The van der Waals surface area contributed by atoms with E-state index in [0.29, 0.717) is 79.8 Å². The molecule has 12 N–H and O–H groups in total. The van der Waals surface area contributed by atoms with E-state index in [4.69, 9.17) is 30.2 Å². The van der Waals surface area contributed by atoms with Crippen LogP contribution in [0.2, 0.25) is 0 Å². The summed E-state index contributed by atoms with van der Waals surface area (Å²) < 4.78 is 130. The molecule has 12 aromatic rings. The fourth-order valence-corrected chi connectivity index (χ4v) is 11.3. The van der Waals surface area contributed by atoms with E-state index in [1.165, 1.54) is 134 Å². The van der Waals surface area contributed by atoms with E-state index in [1.54, 1.807) is 118 Å². The maximum atomic E-state index is 12.9. The van der Waals surface area contributed by atoms with E-state index < -0.39 is 101 Å². The summed E-state index contributed by atoms with van der Waals surface area (Å²) in [6.45, 7) is 7.79. The summed E-state index contributed by atoms with van der Waals surface area (Å²) in [4.78, 5) is 157. The van der Waals surface area contributed by atoms with E-state index in [1.807, 2.05) is 25.1 Å². The number of pyridine rings is 4. The predicted molar refractivity (Wildman–Crippen MR) is 491 cm³/mol. The number of benzene rings is 8. The fraction of sp³-hybridized carbons (Fsp3) is 0.102. The molecule has 0 aliphatic heterocycles. The van der Waals surface area contributed by atoms with Gasteiger partial charge in [-0.3, -0.25) is 53.5 Å². The van der Waals surface area contributed by atoms with E-state index in [0.717, 1.165) is 72.4 Å². The standard InChI is InChI=1S/2C25H20F3N3O4.C23H16F3N3O4.C17H15NO3.C8H10N2O2.Na.H2O/c2*1-2-35-24(34)18-13-21(15-29-14-18)30-22(32)10-9-16-5-3-8-20(11-16)31-23(33)17-6-4-7-19(12-17)25(26,27)28;24-23(25,26)17-5-2-4-15(10-17)21(31)29-18-6-1-3-14(9-18)7-8-20(30)28-19-11-16(22(32)33)12-27-13-19;1-12-4-2-6-14(10-12)17(21)18-15-7-3-5-13(11-15)8-9-16(19)20;1-2-12-8(11)6-3-7(9)5-10-4-6;;/h2*3-15H,2H2,1H3,(H,30,32)(H,31,33);1-13H,(H,28,30)(H,29,31)(H,32,33);2-11H,1H3,(H,18,21)(H,19,20);3-5H,2,9H2,1H3;;1H2/q;;;;;+1;/p-1/b2*10-9+;8-7+;9-8+;;;. The van der Waals surface area contributed by atoms with Gasteiger partial charge in [-0.05, 0) is 214 Å². The van der Waals surface area contributed by atoms with Gasteiger partial charge in [-0.25, -0.2) is 24.0 Å². The average Bonchev–Trinajstić information content (AvgIpc) is 0.837.